The van der Waals surface area contributed by atoms with E-state index < -0.39 is 15.6 Å². The van der Waals surface area contributed by atoms with E-state index in [2.05, 4.69) is 12.1 Å². The van der Waals surface area contributed by atoms with Gasteiger partial charge >= 0.3 is 6.09 Å². The number of hydrogen-bond donors (Lipinski definition) is 0. The molecular formula is C38H40N4O5S. The zero-order chi connectivity index (χ0) is 34.2. The smallest absolute Gasteiger partial charge is 0.410 e. The zero-order valence-corrected chi connectivity index (χ0v) is 28.7. The van der Waals surface area contributed by atoms with Gasteiger partial charge in [0.25, 0.3) is 5.91 Å². The van der Waals surface area contributed by atoms with Crippen molar-refractivity contribution in [1.29, 1.82) is 0 Å². The number of ether oxygens (including phenoxy) is 1. The Bertz CT molecular complexity index is 2060. The van der Waals surface area contributed by atoms with Crippen LogP contribution < -0.4 is 0 Å². The minimum Gasteiger partial charge on any atom is -0.444 e. The number of benzene rings is 3. The van der Waals surface area contributed by atoms with E-state index in [0.717, 1.165) is 28.7 Å². The number of pyridine rings is 1. The number of amides is 2. The van der Waals surface area contributed by atoms with Crippen molar-refractivity contribution in [3.63, 3.8) is 0 Å². The molecule has 1 aliphatic rings. The number of carbonyl (C=O) groups is 2. The monoisotopic (exact) mass is 664 g/mol. The Kier molecular flexibility index (Phi) is 8.87. The summed E-state index contributed by atoms with van der Waals surface area (Å²) in [5.74, 6) is -0.0768. The van der Waals surface area contributed by atoms with Crippen molar-refractivity contribution >= 4 is 33.1 Å². The lowest BCUT2D eigenvalue weighted by Gasteiger charge is -2.24. The summed E-state index contributed by atoms with van der Waals surface area (Å²) in [5, 5.41) is 0.684. The first kappa shape index (κ1) is 33.0. The second-order valence-electron chi connectivity index (χ2n) is 13.5. The number of hydrogen-bond acceptors (Lipinski definition) is 6. The molecule has 0 saturated carbocycles. The zero-order valence-electron chi connectivity index (χ0n) is 27.9. The summed E-state index contributed by atoms with van der Waals surface area (Å²) in [7, 11) is -0.413. The van der Waals surface area contributed by atoms with E-state index in [1.54, 1.807) is 55.7 Å². The number of likely N-dealkylation sites (tertiary alicyclic amines) is 1. The van der Waals surface area contributed by atoms with E-state index in [9.17, 15) is 18.0 Å². The Labute approximate surface area is 281 Å². The molecule has 2 aromatic heterocycles. The molecule has 9 nitrogen and oxygen atoms in total. The summed E-state index contributed by atoms with van der Waals surface area (Å²) < 4.78 is 34.4. The molecule has 0 radical (unpaired) electrons. The van der Waals surface area contributed by atoms with Crippen LogP contribution in [0.4, 0.5) is 4.79 Å². The lowest BCUT2D eigenvalue weighted by Crippen LogP contribution is -2.35. The van der Waals surface area contributed by atoms with E-state index in [-0.39, 0.29) is 23.7 Å². The molecular weight excluding hydrogens is 625 g/mol. The van der Waals surface area contributed by atoms with Crippen molar-refractivity contribution in [1.82, 2.24) is 18.8 Å². The first-order valence-electron chi connectivity index (χ1n) is 16.0. The molecule has 48 heavy (non-hydrogen) atoms. The molecule has 248 valence electrons. The SMILES string of the molecule is CN(C)C(=O)c1ccc(-c2cn(S(=O)(=O)Cc3ccccc3)c3ncc(-c4ccc(C5CCN(C(=O)OC(C)(C)C)C5)cc4)cc23)cc1. The van der Waals surface area contributed by atoms with Gasteiger partial charge < -0.3 is 14.5 Å². The highest BCUT2D eigenvalue weighted by Crippen LogP contribution is 2.35. The van der Waals surface area contributed by atoms with Crippen LogP contribution in [0.2, 0.25) is 0 Å². The maximum absolute atomic E-state index is 13.8. The van der Waals surface area contributed by atoms with Crippen molar-refractivity contribution in [2.45, 2.75) is 44.5 Å². The number of nitrogens with zero attached hydrogens (tertiary/aromatic N) is 4. The van der Waals surface area contributed by atoms with Gasteiger partial charge in [0, 0.05) is 67.6 Å². The Morgan fingerprint density at radius 3 is 2.23 bits per heavy atom. The molecule has 2 amide bonds. The first-order chi connectivity index (χ1) is 22.8. The van der Waals surface area contributed by atoms with Crippen LogP contribution >= 0.6 is 0 Å². The van der Waals surface area contributed by atoms with Crippen molar-refractivity contribution in [3.8, 4) is 22.3 Å². The predicted molar refractivity (Wildman–Crippen MR) is 188 cm³/mol. The van der Waals surface area contributed by atoms with Gasteiger partial charge in [-0.05, 0) is 67.6 Å². The van der Waals surface area contributed by atoms with Crippen LogP contribution in [0.25, 0.3) is 33.3 Å². The van der Waals surface area contributed by atoms with Gasteiger partial charge in [-0.15, -0.1) is 0 Å². The van der Waals surface area contributed by atoms with Crippen LogP contribution in [-0.4, -0.2) is 72.0 Å². The summed E-state index contributed by atoms with van der Waals surface area (Å²) in [6.45, 7) is 6.87. The van der Waals surface area contributed by atoms with E-state index in [1.165, 1.54) is 8.87 Å². The van der Waals surface area contributed by atoms with Crippen LogP contribution in [0.5, 0.6) is 0 Å². The maximum atomic E-state index is 13.8. The average molecular weight is 665 g/mol. The highest BCUT2D eigenvalue weighted by atomic mass is 32.2. The number of fused-ring (bicyclic) bond motifs is 1. The molecule has 3 aromatic carbocycles. The molecule has 3 heterocycles. The van der Waals surface area contributed by atoms with Crippen molar-refractivity contribution in [2.75, 3.05) is 27.2 Å². The Morgan fingerprint density at radius 1 is 0.917 bits per heavy atom. The molecule has 0 aliphatic carbocycles. The normalized spacial score (nSPS) is 15.1. The third kappa shape index (κ3) is 6.99. The van der Waals surface area contributed by atoms with Gasteiger partial charge in [0.2, 0.25) is 10.0 Å². The second-order valence-corrected chi connectivity index (χ2v) is 15.3. The van der Waals surface area contributed by atoms with Gasteiger partial charge in [0.05, 0.1) is 5.75 Å². The predicted octanol–water partition coefficient (Wildman–Crippen LogP) is 7.17. The fourth-order valence-corrected chi connectivity index (χ4v) is 7.48. The molecule has 0 spiro atoms. The van der Waals surface area contributed by atoms with Gasteiger partial charge in [-0.2, -0.15) is 0 Å². The Morgan fingerprint density at radius 2 is 1.58 bits per heavy atom. The van der Waals surface area contributed by atoms with Crippen LogP contribution in [-0.2, 0) is 20.5 Å². The average Bonchev–Trinajstić information content (AvgIpc) is 3.70. The lowest BCUT2D eigenvalue weighted by molar-refractivity contribution is 0.0292. The largest absolute Gasteiger partial charge is 0.444 e. The van der Waals surface area contributed by atoms with Gasteiger partial charge in [-0.1, -0.05) is 66.7 Å². The first-order valence-corrected chi connectivity index (χ1v) is 17.6. The fraction of sp³-hybridized carbons (Fsp3) is 0.289. The van der Waals surface area contributed by atoms with E-state index >= 15 is 0 Å². The number of aromatic nitrogens is 2. The summed E-state index contributed by atoms with van der Waals surface area (Å²) in [5.41, 5.74) is 5.42. The molecule has 1 atom stereocenters. The third-order valence-electron chi connectivity index (χ3n) is 8.51. The highest BCUT2D eigenvalue weighted by molar-refractivity contribution is 7.89. The quantitative estimate of drug-likeness (QED) is 0.183. The molecule has 1 unspecified atom stereocenters. The summed E-state index contributed by atoms with van der Waals surface area (Å²) in [4.78, 5) is 33.1. The molecule has 10 heteroatoms. The van der Waals surface area contributed by atoms with Gasteiger partial charge in [-0.25, -0.2) is 22.2 Å². The molecule has 0 N–H and O–H groups in total. The highest BCUT2D eigenvalue weighted by Gasteiger charge is 2.30. The molecule has 1 fully saturated rings. The van der Waals surface area contributed by atoms with E-state index in [1.807, 2.05) is 69.3 Å². The Balaban J connectivity index is 1.34. The van der Waals surface area contributed by atoms with Gasteiger partial charge in [-0.3, -0.25) is 4.79 Å². The maximum Gasteiger partial charge on any atom is 0.410 e. The van der Waals surface area contributed by atoms with Crippen molar-refractivity contribution < 1.29 is 22.7 Å². The minimum absolute atomic E-state index is 0.114. The van der Waals surface area contributed by atoms with Crippen LogP contribution in [0.15, 0.2) is 97.3 Å². The number of carbonyl (C=O) groups excluding carboxylic acids is 2. The summed E-state index contributed by atoms with van der Waals surface area (Å²) in [6.07, 6.45) is 3.91. The van der Waals surface area contributed by atoms with Crippen molar-refractivity contribution in [2.24, 2.45) is 0 Å². The van der Waals surface area contributed by atoms with Crippen LogP contribution in [0.3, 0.4) is 0 Å². The van der Waals surface area contributed by atoms with Gasteiger partial charge in [0.1, 0.15) is 5.60 Å². The standard InChI is InChI=1S/C38H40N4O5S/c1-38(2,3)47-37(44)41-20-19-31(23-41)27-11-13-28(14-12-27)32-21-33-34(29-15-17-30(18-16-29)36(43)40(4)5)24-42(35(33)39-22-32)48(45,46)25-26-9-7-6-8-10-26/h6-18,21-22,24,31H,19-20,23,25H2,1-5H3. The van der Waals surface area contributed by atoms with Crippen LogP contribution in [0, 0.1) is 0 Å². The fourth-order valence-electron chi connectivity index (χ4n) is 6.06. The second kappa shape index (κ2) is 12.9. The molecule has 1 aliphatic heterocycles. The Hall–Kier alpha value is -4.96. The molecule has 5 aromatic rings. The van der Waals surface area contributed by atoms with E-state index in [0.29, 0.717) is 40.8 Å². The molecule has 6 rings (SSSR count). The van der Waals surface area contributed by atoms with Gasteiger partial charge in [0.15, 0.2) is 5.65 Å². The topological polar surface area (TPSA) is 102 Å². The minimum atomic E-state index is -3.82. The third-order valence-corrected chi connectivity index (χ3v) is 10.1. The number of rotatable bonds is 7. The summed E-state index contributed by atoms with van der Waals surface area (Å²) in [6, 6.07) is 26.5. The molecule has 0 bridgehead atoms. The van der Waals surface area contributed by atoms with E-state index in [4.69, 9.17) is 9.72 Å². The molecule has 1 saturated heterocycles. The van der Waals surface area contributed by atoms with Crippen LogP contribution in [0.1, 0.15) is 54.6 Å². The summed E-state index contributed by atoms with van der Waals surface area (Å²) >= 11 is 0. The lowest BCUT2D eigenvalue weighted by atomic mass is 9.95. The van der Waals surface area contributed by atoms with Crippen molar-refractivity contribution in [3.05, 3.63) is 114 Å².